The van der Waals surface area contributed by atoms with E-state index in [4.69, 9.17) is 10.5 Å². The number of methoxy groups -OCH3 is 1. The quantitative estimate of drug-likeness (QED) is 0.320. The Bertz CT molecular complexity index is 806. The lowest BCUT2D eigenvalue weighted by atomic mass is 10.1. The molecule has 4 heteroatoms. The van der Waals surface area contributed by atoms with E-state index in [1.54, 1.807) is 13.0 Å². The molecule has 1 heterocycles. The van der Waals surface area contributed by atoms with Crippen molar-refractivity contribution in [3.05, 3.63) is 60.8 Å². The third-order valence-corrected chi connectivity index (χ3v) is 3.62. The first-order chi connectivity index (χ1) is 13.4. The molecule has 0 bridgehead atoms. The Balaban J connectivity index is 0.00000108. The largest absolute Gasteiger partial charge is 0.468 e. The highest BCUT2D eigenvalue weighted by atomic mass is 16.5. The Morgan fingerprint density at radius 2 is 1.82 bits per heavy atom. The second-order valence-electron chi connectivity index (χ2n) is 5.88. The van der Waals surface area contributed by atoms with Gasteiger partial charge in [0, 0.05) is 17.1 Å². The van der Waals surface area contributed by atoms with Crippen LogP contribution in [0.15, 0.2) is 55.1 Å². The summed E-state index contributed by atoms with van der Waals surface area (Å²) in [6, 6.07) is 11.7. The smallest absolute Gasteiger partial charge is 0.325 e. The zero-order valence-electron chi connectivity index (χ0n) is 17.7. The van der Waals surface area contributed by atoms with Crippen LogP contribution in [0.3, 0.4) is 0 Å². The van der Waals surface area contributed by atoms with Crippen LogP contribution in [0.1, 0.15) is 39.8 Å². The zero-order chi connectivity index (χ0) is 21.5. The Morgan fingerprint density at radius 3 is 2.29 bits per heavy atom. The van der Waals surface area contributed by atoms with Gasteiger partial charge in [0.15, 0.2) is 0 Å². The van der Waals surface area contributed by atoms with E-state index >= 15 is 0 Å². The first-order valence-electron chi connectivity index (χ1n) is 9.13. The maximum Gasteiger partial charge on any atom is 0.325 e. The van der Waals surface area contributed by atoms with Crippen molar-refractivity contribution in [2.24, 2.45) is 0 Å². The maximum atomic E-state index is 11.8. The molecule has 150 valence electrons. The van der Waals surface area contributed by atoms with Crippen LogP contribution in [0.4, 0.5) is 5.69 Å². The Hall–Kier alpha value is -3.19. The van der Waals surface area contributed by atoms with Crippen LogP contribution in [0.5, 0.6) is 0 Å². The van der Waals surface area contributed by atoms with Crippen molar-refractivity contribution in [2.45, 2.75) is 40.7 Å². The normalized spacial score (nSPS) is 9.79. The number of terminal acetylenes is 1. The van der Waals surface area contributed by atoms with Crippen molar-refractivity contribution >= 4 is 17.2 Å². The van der Waals surface area contributed by atoms with Crippen LogP contribution in [-0.2, 0) is 16.1 Å². The molecule has 0 saturated heterocycles. The predicted molar refractivity (Wildman–Crippen MR) is 121 cm³/mol. The fourth-order valence-corrected chi connectivity index (χ4v) is 2.49. The average Bonchev–Trinajstić information content (AvgIpc) is 3.07. The van der Waals surface area contributed by atoms with Gasteiger partial charge in [-0.1, -0.05) is 31.2 Å². The Kier molecular flexibility index (Phi) is 12.4. The van der Waals surface area contributed by atoms with Crippen molar-refractivity contribution in [3.63, 3.8) is 0 Å². The molecule has 0 atom stereocenters. The molecule has 0 aliphatic carbocycles. The first-order valence-corrected chi connectivity index (χ1v) is 9.13. The fraction of sp³-hybridized carbons (Fsp3) is 0.292. The number of allylic oxidation sites excluding steroid dienone is 3. The number of benzene rings is 1. The van der Waals surface area contributed by atoms with E-state index < -0.39 is 0 Å². The average molecular weight is 381 g/mol. The minimum atomic E-state index is -0.265. The molecule has 1 aromatic heterocycles. The highest BCUT2D eigenvalue weighted by Gasteiger charge is 2.14. The van der Waals surface area contributed by atoms with Gasteiger partial charge >= 0.3 is 5.97 Å². The Labute approximate surface area is 169 Å². The monoisotopic (exact) mass is 380 g/mol. The molecule has 0 aliphatic rings. The number of anilines is 1. The van der Waals surface area contributed by atoms with E-state index in [0.29, 0.717) is 0 Å². The second-order valence-corrected chi connectivity index (χ2v) is 5.88. The van der Waals surface area contributed by atoms with Crippen LogP contribution >= 0.6 is 0 Å². The van der Waals surface area contributed by atoms with Crippen molar-refractivity contribution in [1.82, 2.24) is 4.57 Å². The summed E-state index contributed by atoms with van der Waals surface area (Å²) in [6.07, 6.45) is 9.45. The van der Waals surface area contributed by atoms with E-state index in [1.807, 2.05) is 47.9 Å². The lowest BCUT2D eigenvalue weighted by Crippen LogP contribution is -2.14. The van der Waals surface area contributed by atoms with Crippen LogP contribution in [0.2, 0.25) is 0 Å². The van der Waals surface area contributed by atoms with Crippen molar-refractivity contribution in [3.8, 4) is 23.6 Å². The van der Waals surface area contributed by atoms with Crippen LogP contribution in [0.25, 0.3) is 16.8 Å². The number of aromatic nitrogens is 1. The Morgan fingerprint density at radius 1 is 1.29 bits per heavy atom. The first kappa shape index (κ1) is 24.8. The summed E-state index contributed by atoms with van der Waals surface area (Å²) in [6.45, 7) is 11.2. The molecule has 0 amide bonds. The number of hydrogen-bond donors (Lipinski definition) is 1. The number of nitrogens with zero attached hydrogens (tertiary/aromatic N) is 1. The molecule has 0 aliphatic heterocycles. The summed E-state index contributed by atoms with van der Waals surface area (Å²) >= 11 is 0. The molecule has 28 heavy (non-hydrogen) atoms. The van der Waals surface area contributed by atoms with Gasteiger partial charge in [0.05, 0.1) is 7.11 Å². The summed E-state index contributed by atoms with van der Waals surface area (Å²) in [5.41, 5.74) is 10.6. The van der Waals surface area contributed by atoms with Crippen LogP contribution in [0, 0.1) is 12.3 Å². The molecule has 0 fully saturated rings. The maximum absolute atomic E-state index is 11.8. The molecule has 0 spiro atoms. The summed E-state index contributed by atoms with van der Waals surface area (Å²) in [7, 11) is 1.41. The van der Waals surface area contributed by atoms with Gasteiger partial charge in [0.1, 0.15) is 6.54 Å². The SMILES string of the molecule is C#CC.C=CC.CC/C=C(\C)c1ccc(-c2ccc(N)cc2)n1CC(=O)OC. The fourth-order valence-electron chi connectivity index (χ4n) is 2.49. The number of carbonyl (C=O) groups excluding carboxylic acids is 1. The van der Waals surface area contributed by atoms with E-state index in [-0.39, 0.29) is 12.5 Å². The van der Waals surface area contributed by atoms with Gasteiger partial charge in [-0.05, 0) is 62.6 Å². The van der Waals surface area contributed by atoms with E-state index in [2.05, 4.69) is 38.8 Å². The predicted octanol–water partition coefficient (Wildman–Crippen LogP) is 5.56. The van der Waals surface area contributed by atoms with Gasteiger partial charge in [0.2, 0.25) is 0 Å². The third-order valence-electron chi connectivity index (χ3n) is 3.62. The number of esters is 1. The summed E-state index contributed by atoms with van der Waals surface area (Å²) in [4.78, 5) is 11.8. The molecule has 4 nitrogen and oxygen atoms in total. The molecule has 2 rings (SSSR count). The summed E-state index contributed by atoms with van der Waals surface area (Å²) in [5.74, 6) is 1.98. The molecule has 2 aromatic rings. The number of ether oxygens (including phenoxy) is 1. The standard InChI is InChI=1S/C18H22N2O2.C3H6.C3H4/c1-4-5-13(2)16-10-11-17(20(16)12-18(21)22-3)14-6-8-15(19)9-7-14;2*1-3-2/h5-11H,4,12,19H2,1-3H3;3H,1H2,2H3;1H,2H3/b13-5+;;. The van der Waals surface area contributed by atoms with Gasteiger partial charge in [-0.15, -0.1) is 18.9 Å². The van der Waals surface area contributed by atoms with Gasteiger partial charge in [0.25, 0.3) is 0 Å². The van der Waals surface area contributed by atoms with Crippen LogP contribution in [-0.4, -0.2) is 17.6 Å². The highest BCUT2D eigenvalue weighted by Crippen LogP contribution is 2.27. The van der Waals surface area contributed by atoms with Crippen molar-refractivity contribution < 1.29 is 9.53 Å². The molecule has 0 saturated carbocycles. The number of hydrogen-bond acceptors (Lipinski definition) is 3. The lowest BCUT2D eigenvalue weighted by Gasteiger charge is -2.13. The minimum absolute atomic E-state index is 0.188. The number of carbonyl (C=O) groups is 1. The molecule has 1 aromatic carbocycles. The molecule has 0 radical (unpaired) electrons. The lowest BCUT2D eigenvalue weighted by molar-refractivity contribution is -0.141. The molecule has 2 N–H and O–H groups in total. The van der Waals surface area contributed by atoms with Crippen LogP contribution < -0.4 is 5.73 Å². The van der Waals surface area contributed by atoms with Crippen molar-refractivity contribution in [1.29, 1.82) is 0 Å². The van der Waals surface area contributed by atoms with Gasteiger partial charge < -0.3 is 15.0 Å². The van der Waals surface area contributed by atoms with Crippen molar-refractivity contribution in [2.75, 3.05) is 12.8 Å². The number of rotatable bonds is 5. The van der Waals surface area contributed by atoms with E-state index in [9.17, 15) is 4.79 Å². The molecular formula is C24H32N2O2. The highest BCUT2D eigenvalue weighted by molar-refractivity contribution is 5.75. The number of nitrogens with two attached hydrogens (primary N) is 1. The zero-order valence-corrected chi connectivity index (χ0v) is 17.7. The molecular weight excluding hydrogens is 348 g/mol. The summed E-state index contributed by atoms with van der Waals surface area (Å²) < 4.78 is 6.81. The number of nitrogen functional groups attached to an aromatic ring is 1. The van der Waals surface area contributed by atoms with E-state index in [1.165, 1.54) is 7.11 Å². The summed E-state index contributed by atoms with van der Waals surface area (Å²) in [5, 5.41) is 0. The van der Waals surface area contributed by atoms with Gasteiger partial charge in [-0.25, -0.2) is 0 Å². The van der Waals surface area contributed by atoms with Gasteiger partial charge in [-0.3, -0.25) is 4.79 Å². The van der Waals surface area contributed by atoms with Gasteiger partial charge in [-0.2, -0.15) is 0 Å². The topological polar surface area (TPSA) is 57.2 Å². The third kappa shape index (κ3) is 8.01. The molecule has 0 unspecified atom stereocenters. The van der Waals surface area contributed by atoms with E-state index in [0.717, 1.165) is 34.6 Å². The second kappa shape index (κ2) is 13.9. The minimum Gasteiger partial charge on any atom is -0.468 e.